The summed E-state index contributed by atoms with van der Waals surface area (Å²) in [6, 6.07) is 14.9. The second-order valence-corrected chi connectivity index (χ2v) is 6.13. The Bertz CT molecular complexity index is 704. The number of anilines is 2. The van der Waals surface area contributed by atoms with Crippen molar-refractivity contribution in [1.29, 1.82) is 0 Å². The number of amides is 1. The third-order valence-electron chi connectivity index (χ3n) is 3.89. The van der Waals surface area contributed by atoms with Crippen LogP contribution in [0.5, 0.6) is 11.5 Å². The van der Waals surface area contributed by atoms with Crippen molar-refractivity contribution in [2.24, 2.45) is 0 Å². The number of hydrogen-bond donors (Lipinski definition) is 2. The molecule has 0 radical (unpaired) electrons. The molecule has 0 saturated heterocycles. The first kappa shape index (κ1) is 20.6. The molecule has 0 aliphatic heterocycles. The first-order valence-electron chi connectivity index (χ1n) is 9.13. The van der Waals surface area contributed by atoms with Crippen LogP contribution in [0.1, 0.15) is 20.3 Å². The summed E-state index contributed by atoms with van der Waals surface area (Å²) in [5, 5.41) is 5.96. The van der Waals surface area contributed by atoms with Crippen LogP contribution >= 0.6 is 0 Å². The Hall–Kier alpha value is -2.73. The van der Waals surface area contributed by atoms with Gasteiger partial charge in [0, 0.05) is 24.6 Å². The minimum absolute atomic E-state index is 0.129. The highest BCUT2D eigenvalue weighted by Crippen LogP contribution is 2.19. The first-order chi connectivity index (χ1) is 13.1. The van der Waals surface area contributed by atoms with E-state index in [2.05, 4.69) is 17.6 Å². The van der Waals surface area contributed by atoms with E-state index in [-0.39, 0.29) is 18.6 Å². The molecule has 6 heteroatoms. The predicted octanol–water partition coefficient (Wildman–Crippen LogP) is 3.94. The molecule has 1 amide bonds. The zero-order valence-corrected chi connectivity index (χ0v) is 16.2. The zero-order chi connectivity index (χ0) is 19.5. The lowest BCUT2D eigenvalue weighted by Crippen LogP contribution is -2.21. The maximum atomic E-state index is 12.2. The first-order valence-corrected chi connectivity index (χ1v) is 9.13. The Morgan fingerprint density at radius 3 is 2.52 bits per heavy atom. The van der Waals surface area contributed by atoms with Gasteiger partial charge in [0.2, 0.25) is 5.91 Å². The van der Waals surface area contributed by atoms with Crippen molar-refractivity contribution in [3.05, 3.63) is 48.5 Å². The van der Waals surface area contributed by atoms with E-state index in [1.54, 1.807) is 7.11 Å². The second kappa shape index (κ2) is 11.1. The molecule has 0 fully saturated rings. The van der Waals surface area contributed by atoms with E-state index in [4.69, 9.17) is 14.2 Å². The van der Waals surface area contributed by atoms with Crippen molar-refractivity contribution < 1.29 is 19.0 Å². The molecule has 2 N–H and O–H groups in total. The molecule has 1 unspecified atom stereocenters. The summed E-state index contributed by atoms with van der Waals surface area (Å²) in [5.41, 5.74) is 1.56. The van der Waals surface area contributed by atoms with Gasteiger partial charge in [-0.15, -0.1) is 0 Å². The number of benzene rings is 2. The van der Waals surface area contributed by atoms with Crippen LogP contribution in [0.25, 0.3) is 0 Å². The number of nitrogens with one attached hydrogen (secondary N) is 2. The van der Waals surface area contributed by atoms with Gasteiger partial charge in [0.1, 0.15) is 18.1 Å². The Labute approximate surface area is 160 Å². The normalized spacial score (nSPS) is 11.5. The molecule has 0 spiro atoms. The smallest absolute Gasteiger partial charge is 0.243 e. The van der Waals surface area contributed by atoms with E-state index in [9.17, 15) is 4.79 Å². The summed E-state index contributed by atoms with van der Waals surface area (Å²) in [6.07, 6.45) is 1.07. The molecule has 6 nitrogen and oxygen atoms in total. The van der Waals surface area contributed by atoms with Crippen molar-refractivity contribution in [2.45, 2.75) is 26.4 Å². The van der Waals surface area contributed by atoms with Crippen LogP contribution < -0.4 is 20.1 Å². The van der Waals surface area contributed by atoms with Gasteiger partial charge in [-0.1, -0.05) is 13.0 Å². The molecule has 0 aliphatic rings. The molecule has 146 valence electrons. The Morgan fingerprint density at radius 1 is 1.04 bits per heavy atom. The summed E-state index contributed by atoms with van der Waals surface area (Å²) in [6.45, 7) is 5.30. The monoisotopic (exact) mass is 372 g/mol. The van der Waals surface area contributed by atoms with Crippen LogP contribution in [0, 0.1) is 0 Å². The average molecular weight is 372 g/mol. The van der Waals surface area contributed by atoms with E-state index in [0.717, 1.165) is 23.6 Å². The van der Waals surface area contributed by atoms with Gasteiger partial charge in [-0.2, -0.15) is 0 Å². The van der Waals surface area contributed by atoms with Crippen molar-refractivity contribution >= 4 is 17.3 Å². The maximum absolute atomic E-state index is 12.2. The summed E-state index contributed by atoms with van der Waals surface area (Å²) in [5.74, 6) is 1.38. The molecule has 0 bridgehead atoms. The summed E-state index contributed by atoms with van der Waals surface area (Å²) >= 11 is 0. The largest absolute Gasteiger partial charge is 0.491 e. The Morgan fingerprint density at radius 2 is 1.81 bits per heavy atom. The van der Waals surface area contributed by atoms with Crippen LogP contribution in [-0.2, 0) is 9.53 Å². The number of rotatable bonds is 11. The van der Waals surface area contributed by atoms with Crippen molar-refractivity contribution in [1.82, 2.24) is 0 Å². The lowest BCUT2D eigenvalue weighted by atomic mass is 10.2. The minimum atomic E-state index is -0.129. The van der Waals surface area contributed by atoms with Crippen molar-refractivity contribution in [2.75, 3.05) is 37.5 Å². The third kappa shape index (κ3) is 7.58. The summed E-state index contributed by atoms with van der Waals surface area (Å²) in [7, 11) is 1.64. The van der Waals surface area contributed by atoms with Gasteiger partial charge < -0.3 is 24.8 Å². The predicted molar refractivity (Wildman–Crippen MR) is 108 cm³/mol. The topological polar surface area (TPSA) is 68.8 Å². The van der Waals surface area contributed by atoms with Crippen LogP contribution in [-0.4, -0.2) is 38.9 Å². The molecule has 0 heterocycles. The Kier molecular flexibility index (Phi) is 8.45. The van der Waals surface area contributed by atoms with E-state index in [1.807, 2.05) is 55.5 Å². The quantitative estimate of drug-likeness (QED) is 0.585. The number of methoxy groups -OCH3 is 1. The third-order valence-corrected chi connectivity index (χ3v) is 3.89. The summed E-state index contributed by atoms with van der Waals surface area (Å²) < 4.78 is 16.2. The number of carbonyl (C=O) groups excluding carboxylic acids is 1. The van der Waals surface area contributed by atoms with Crippen molar-refractivity contribution in [3.8, 4) is 11.5 Å². The highest BCUT2D eigenvalue weighted by Gasteiger charge is 2.06. The van der Waals surface area contributed by atoms with Gasteiger partial charge in [-0.3, -0.25) is 4.79 Å². The van der Waals surface area contributed by atoms with Gasteiger partial charge in [0.25, 0.3) is 0 Å². The fourth-order valence-corrected chi connectivity index (χ4v) is 2.26. The highest BCUT2D eigenvalue weighted by atomic mass is 16.5. The van der Waals surface area contributed by atoms with E-state index in [0.29, 0.717) is 18.9 Å². The molecule has 0 aromatic heterocycles. The molecule has 27 heavy (non-hydrogen) atoms. The van der Waals surface area contributed by atoms with Crippen LogP contribution in [0.2, 0.25) is 0 Å². The molecular weight excluding hydrogens is 344 g/mol. The molecule has 0 saturated carbocycles. The molecule has 2 rings (SSSR count). The van der Waals surface area contributed by atoms with E-state index < -0.39 is 0 Å². The van der Waals surface area contributed by atoms with Gasteiger partial charge in [-0.25, -0.2) is 0 Å². The fourth-order valence-electron chi connectivity index (χ4n) is 2.26. The molecule has 2 aromatic carbocycles. The minimum Gasteiger partial charge on any atom is -0.491 e. The molecular formula is C21H28N2O4. The highest BCUT2D eigenvalue weighted by molar-refractivity contribution is 5.93. The summed E-state index contributed by atoms with van der Waals surface area (Å²) in [4.78, 5) is 12.2. The van der Waals surface area contributed by atoms with E-state index >= 15 is 0 Å². The van der Waals surface area contributed by atoms with Crippen LogP contribution in [0.3, 0.4) is 0 Å². The SMILES string of the molecule is CCC(C)Oc1cccc(NC(=O)CNc2ccc(OCCOC)cc2)c1. The lowest BCUT2D eigenvalue weighted by molar-refractivity contribution is -0.114. The average Bonchev–Trinajstić information content (AvgIpc) is 2.68. The number of hydrogen-bond acceptors (Lipinski definition) is 5. The van der Waals surface area contributed by atoms with Crippen LogP contribution in [0.15, 0.2) is 48.5 Å². The Balaban J connectivity index is 1.79. The van der Waals surface area contributed by atoms with Crippen molar-refractivity contribution in [3.63, 3.8) is 0 Å². The molecule has 2 aromatic rings. The van der Waals surface area contributed by atoms with E-state index in [1.165, 1.54) is 0 Å². The zero-order valence-electron chi connectivity index (χ0n) is 16.2. The van der Waals surface area contributed by atoms with Gasteiger partial charge in [0.15, 0.2) is 0 Å². The maximum Gasteiger partial charge on any atom is 0.243 e. The van der Waals surface area contributed by atoms with Crippen LogP contribution in [0.4, 0.5) is 11.4 Å². The fraction of sp³-hybridized carbons (Fsp3) is 0.381. The number of ether oxygens (including phenoxy) is 3. The van der Waals surface area contributed by atoms with Gasteiger partial charge in [-0.05, 0) is 49.7 Å². The number of carbonyl (C=O) groups is 1. The molecule has 1 atom stereocenters. The van der Waals surface area contributed by atoms with Gasteiger partial charge >= 0.3 is 0 Å². The lowest BCUT2D eigenvalue weighted by Gasteiger charge is -2.14. The second-order valence-electron chi connectivity index (χ2n) is 6.13. The van der Waals surface area contributed by atoms with Gasteiger partial charge in [0.05, 0.1) is 19.3 Å². The molecule has 0 aliphatic carbocycles. The standard InChI is InChI=1S/C21H28N2O4/c1-4-16(2)27-20-7-5-6-18(14-20)23-21(24)15-22-17-8-10-19(11-9-17)26-13-12-25-3/h5-11,14,16,22H,4,12-13,15H2,1-3H3,(H,23,24).